The summed E-state index contributed by atoms with van der Waals surface area (Å²) in [6, 6.07) is 10.9. The van der Waals surface area contributed by atoms with Crippen LogP contribution in [0, 0.1) is 11.3 Å². The maximum absolute atomic E-state index is 12.9. The average molecular weight is 496 g/mol. The van der Waals surface area contributed by atoms with Gasteiger partial charge in [-0.15, -0.1) is 0 Å². The van der Waals surface area contributed by atoms with Crippen molar-refractivity contribution in [3.63, 3.8) is 0 Å². The Kier molecular flexibility index (Phi) is 7.05. The monoisotopic (exact) mass is 495 g/mol. The Hall–Kier alpha value is -3.82. The van der Waals surface area contributed by atoms with E-state index in [0.29, 0.717) is 0 Å². The van der Waals surface area contributed by atoms with Crippen molar-refractivity contribution in [3.05, 3.63) is 80.1 Å². The van der Waals surface area contributed by atoms with Gasteiger partial charge in [-0.3, -0.25) is 13.9 Å². The smallest absolute Gasteiger partial charge is 0.488 e. The lowest BCUT2D eigenvalue weighted by atomic mass is 10.2. The lowest BCUT2D eigenvalue weighted by molar-refractivity contribution is 0.281. The second-order valence-corrected chi connectivity index (χ2v) is 7.90. The standard InChI is InChI=1S/C20H15ClFN3O7S/c1-24-19(26)4-5-25(20(24)27)6-7-30-18-11-15(32-33(22,28)29)2-3-17(18)31-16-9-13(12-23)8-14(21)10-16/h2-5,8-11H,6-7H2,1H3. The van der Waals surface area contributed by atoms with Gasteiger partial charge in [0.25, 0.3) is 5.56 Å². The molecular formula is C20H15ClFN3O7S. The highest BCUT2D eigenvalue weighted by molar-refractivity contribution is 7.81. The zero-order valence-electron chi connectivity index (χ0n) is 16.9. The van der Waals surface area contributed by atoms with Crippen LogP contribution in [0.25, 0.3) is 0 Å². The Morgan fingerprint density at radius 3 is 2.55 bits per heavy atom. The van der Waals surface area contributed by atoms with Gasteiger partial charge >= 0.3 is 16.2 Å². The van der Waals surface area contributed by atoms with E-state index in [1.807, 2.05) is 6.07 Å². The molecule has 0 aliphatic carbocycles. The van der Waals surface area contributed by atoms with Crippen molar-refractivity contribution in [3.8, 4) is 29.1 Å². The molecule has 0 aliphatic heterocycles. The molecule has 1 aromatic heterocycles. The summed E-state index contributed by atoms with van der Waals surface area (Å²) in [6.45, 7) is -0.0894. The van der Waals surface area contributed by atoms with Crippen LogP contribution in [0.2, 0.25) is 5.02 Å². The third kappa shape index (κ3) is 6.34. The SMILES string of the molecule is Cn1c(=O)ccn(CCOc2cc(OS(=O)(=O)F)ccc2Oc2cc(Cl)cc(C#N)c2)c1=O. The van der Waals surface area contributed by atoms with E-state index in [1.54, 1.807) is 0 Å². The number of hydrogen-bond acceptors (Lipinski definition) is 8. The molecular weight excluding hydrogens is 481 g/mol. The summed E-state index contributed by atoms with van der Waals surface area (Å²) in [7, 11) is -3.96. The van der Waals surface area contributed by atoms with Crippen LogP contribution in [0.5, 0.6) is 23.0 Å². The maximum atomic E-state index is 12.9. The number of benzene rings is 2. The van der Waals surface area contributed by atoms with Crippen LogP contribution in [0.1, 0.15) is 5.56 Å². The van der Waals surface area contributed by atoms with Gasteiger partial charge in [0, 0.05) is 30.4 Å². The van der Waals surface area contributed by atoms with Crippen LogP contribution in [-0.2, 0) is 24.1 Å². The fourth-order valence-corrected chi connectivity index (χ4v) is 3.26. The van der Waals surface area contributed by atoms with Crippen molar-refractivity contribution in [2.75, 3.05) is 6.61 Å². The molecule has 2 aromatic carbocycles. The van der Waals surface area contributed by atoms with Crippen molar-refractivity contribution >= 4 is 22.1 Å². The van der Waals surface area contributed by atoms with Crippen LogP contribution in [0.4, 0.5) is 3.89 Å². The molecule has 0 aliphatic rings. The van der Waals surface area contributed by atoms with Gasteiger partial charge < -0.3 is 13.7 Å². The van der Waals surface area contributed by atoms with Crippen LogP contribution >= 0.6 is 11.6 Å². The number of rotatable bonds is 8. The molecule has 1 heterocycles. The molecule has 10 nitrogen and oxygen atoms in total. The molecule has 0 spiro atoms. The van der Waals surface area contributed by atoms with Crippen molar-refractivity contribution in [2.24, 2.45) is 7.05 Å². The highest BCUT2D eigenvalue weighted by Crippen LogP contribution is 2.36. The molecule has 0 unspecified atom stereocenters. The summed E-state index contributed by atoms with van der Waals surface area (Å²) in [5.41, 5.74) is -0.799. The number of halogens is 2. The molecule has 172 valence electrons. The largest absolute Gasteiger partial charge is 0.488 e. The summed E-state index contributed by atoms with van der Waals surface area (Å²) in [4.78, 5) is 23.6. The molecule has 0 saturated heterocycles. The number of hydrogen-bond donors (Lipinski definition) is 0. The van der Waals surface area contributed by atoms with E-state index in [4.69, 9.17) is 26.3 Å². The lowest BCUT2D eigenvalue weighted by Gasteiger charge is -2.15. The van der Waals surface area contributed by atoms with E-state index >= 15 is 0 Å². The molecule has 0 atom stereocenters. The second kappa shape index (κ2) is 9.76. The first-order chi connectivity index (χ1) is 15.6. The van der Waals surface area contributed by atoms with Gasteiger partial charge in [0.15, 0.2) is 11.5 Å². The first-order valence-corrected chi connectivity index (χ1v) is 10.8. The van der Waals surface area contributed by atoms with Gasteiger partial charge in [0.05, 0.1) is 18.2 Å². The molecule has 33 heavy (non-hydrogen) atoms. The van der Waals surface area contributed by atoms with Crippen LogP contribution in [-0.4, -0.2) is 24.2 Å². The lowest BCUT2D eigenvalue weighted by Crippen LogP contribution is -2.37. The number of ether oxygens (including phenoxy) is 2. The molecule has 0 amide bonds. The fraction of sp³-hybridized carbons (Fsp3) is 0.150. The first kappa shape index (κ1) is 23.8. The molecule has 3 rings (SSSR count). The van der Waals surface area contributed by atoms with Crippen LogP contribution in [0.15, 0.2) is 58.3 Å². The van der Waals surface area contributed by atoms with Crippen molar-refractivity contribution in [2.45, 2.75) is 6.54 Å². The number of nitrogens with zero attached hydrogens (tertiary/aromatic N) is 3. The van der Waals surface area contributed by atoms with Gasteiger partial charge in [0.2, 0.25) is 0 Å². The second-order valence-electron chi connectivity index (χ2n) is 6.51. The molecule has 0 radical (unpaired) electrons. The topological polar surface area (TPSA) is 130 Å². The minimum atomic E-state index is -5.29. The van der Waals surface area contributed by atoms with Crippen molar-refractivity contribution < 1.29 is 26.0 Å². The molecule has 0 saturated carbocycles. The molecule has 3 aromatic rings. The molecule has 0 fully saturated rings. The summed E-state index contributed by atoms with van der Waals surface area (Å²) in [5.74, 6) is -0.182. The number of nitriles is 1. The van der Waals surface area contributed by atoms with E-state index in [1.165, 1.54) is 48.1 Å². The number of aromatic nitrogens is 2. The van der Waals surface area contributed by atoms with Crippen molar-refractivity contribution in [1.82, 2.24) is 9.13 Å². The quantitative estimate of drug-likeness (QED) is 0.436. The Labute approximate surface area is 192 Å². The first-order valence-electron chi connectivity index (χ1n) is 9.11. The predicted octanol–water partition coefficient (Wildman–Crippen LogP) is 2.54. The Bertz CT molecular complexity index is 1460. The summed E-state index contributed by atoms with van der Waals surface area (Å²) in [5, 5.41) is 9.33. The van der Waals surface area contributed by atoms with Gasteiger partial charge in [0.1, 0.15) is 18.1 Å². The van der Waals surface area contributed by atoms with Crippen LogP contribution < -0.4 is 24.9 Å². The van der Waals surface area contributed by atoms with E-state index in [0.717, 1.165) is 16.7 Å². The zero-order chi connectivity index (χ0) is 24.2. The van der Waals surface area contributed by atoms with Gasteiger partial charge in [-0.25, -0.2) is 4.79 Å². The third-order valence-electron chi connectivity index (χ3n) is 4.19. The molecule has 0 N–H and O–H groups in total. The predicted molar refractivity (Wildman–Crippen MR) is 115 cm³/mol. The highest BCUT2D eigenvalue weighted by atomic mass is 35.5. The summed E-state index contributed by atoms with van der Waals surface area (Å²) >= 11 is 5.98. The van der Waals surface area contributed by atoms with Crippen LogP contribution in [0.3, 0.4) is 0 Å². The Balaban J connectivity index is 1.88. The van der Waals surface area contributed by atoms with Gasteiger partial charge in [-0.05, 0) is 30.3 Å². The minimum Gasteiger partial charge on any atom is -0.488 e. The van der Waals surface area contributed by atoms with E-state index < -0.39 is 21.8 Å². The Morgan fingerprint density at radius 1 is 1.09 bits per heavy atom. The summed E-state index contributed by atoms with van der Waals surface area (Å²) in [6.07, 6.45) is 1.30. The zero-order valence-corrected chi connectivity index (χ0v) is 18.5. The molecule has 0 bridgehead atoms. The van der Waals surface area contributed by atoms with E-state index in [2.05, 4.69) is 4.18 Å². The van der Waals surface area contributed by atoms with Gasteiger partial charge in [-0.1, -0.05) is 15.5 Å². The van der Waals surface area contributed by atoms with Crippen molar-refractivity contribution in [1.29, 1.82) is 5.26 Å². The average Bonchev–Trinajstić information content (AvgIpc) is 2.74. The normalized spacial score (nSPS) is 11.0. The third-order valence-corrected chi connectivity index (χ3v) is 4.80. The molecule has 13 heteroatoms. The van der Waals surface area contributed by atoms with E-state index in [-0.39, 0.29) is 46.7 Å². The van der Waals surface area contributed by atoms with E-state index in [9.17, 15) is 21.9 Å². The van der Waals surface area contributed by atoms with Gasteiger partial charge in [-0.2, -0.15) is 13.7 Å². The Morgan fingerprint density at radius 2 is 1.85 bits per heavy atom. The maximum Gasteiger partial charge on any atom is 0.488 e. The minimum absolute atomic E-state index is 0.0225. The highest BCUT2D eigenvalue weighted by Gasteiger charge is 2.15. The summed E-state index contributed by atoms with van der Waals surface area (Å²) < 4.78 is 52.3. The fourth-order valence-electron chi connectivity index (χ4n) is 2.71.